The summed E-state index contributed by atoms with van der Waals surface area (Å²) >= 11 is 0. The molecular formula is C28H35FN4O3. The number of hydrogen-bond donors (Lipinski definition) is 2. The van der Waals surface area contributed by atoms with Gasteiger partial charge in [0.1, 0.15) is 5.82 Å². The molecule has 0 bridgehead atoms. The SMILES string of the molecule is Cc1ccc(CNC(=O)C2CCN(CC(=O)N3CCC(C(=O)Nc4ccccc4)CC3)CC2)cc1F. The number of carbonyl (C=O) groups excluding carboxylic acids is 3. The topological polar surface area (TPSA) is 81.8 Å². The summed E-state index contributed by atoms with van der Waals surface area (Å²) in [7, 11) is 0. The highest BCUT2D eigenvalue weighted by Crippen LogP contribution is 2.21. The molecule has 0 radical (unpaired) electrons. The van der Waals surface area contributed by atoms with Crippen LogP contribution in [0.25, 0.3) is 0 Å². The van der Waals surface area contributed by atoms with Crippen LogP contribution in [0.1, 0.15) is 36.8 Å². The molecule has 0 unspecified atom stereocenters. The van der Waals surface area contributed by atoms with Crippen LogP contribution in [0.15, 0.2) is 48.5 Å². The van der Waals surface area contributed by atoms with E-state index in [4.69, 9.17) is 0 Å². The molecule has 2 N–H and O–H groups in total. The largest absolute Gasteiger partial charge is 0.352 e. The van der Waals surface area contributed by atoms with E-state index in [1.165, 1.54) is 6.07 Å². The Hall–Kier alpha value is -3.26. The van der Waals surface area contributed by atoms with Crippen molar-refractivity contribution in [2.24, 2.45) is 11.8 Å². The van der Waals surface area contributed by atoms with Gasteiger partial charge >= 0.3 is 0 Å². The van der Waals surface area contributed by atoms with E-state index in [-0.39, 0.29) is 35.4 Å². The summed E-state index contributed by atoms with van der Waals surface area (Å²) in [6.45, 7) is 4.93. The smallest absolute Gasteiger partial charge is 0.236 e. The molecule has 3 amide bonds. The number of para-hydroxylation sites is 1. The number of carbonyl (C=O) groups is 3. The first-order valence-electron chi connectivity index (χ1n) is 12.8. The van der Waals surface area contributed by atoms with Crippen molar-refractivity contribution in [1.29, 1.82) is 0 Å². The number of halogens is 1. The van der Waals surface area contributed by atoms with E-state index in [1.807, 2.05) is 41.3 Å². The Bertz CT molecular complexity index is 1060. The van der Waals surface area contributed by atoms with Crippen molar-refractivity contribution < 1.29 is 18.8 Å². The molecule has 2 heterocycles. The molecule has 0 aliphatic carbocycles. The van der Waals surface area contributed by atoms with Crippen molar-refractivity contribution in [2.75, 3.05) is 38.0 Å². The maximum Gasteiger partial charge on any atom is 0.236 e. The third-order valence-electron chi connectivity index (χ3n) is 7.28. The number of benzene rings is 2. The molecular weight excluding hydrogens is 459 g/mol. The second-order valence-corrected chi connectivity index (χ2v) is 9.86. The van der Waals surface area contributed by atoms with E-state index in [0.29, 0.717) is 70.5 Å². The van der Waals surface area contributed by atoms with Gasteiger partial charge in [0.25, 0.3) is 0 Å². The van der Waals surface area contributed by atoms with Gasteiger partial charge in [0, 0.05) is 37.2 Å². The van der Waals surface area contributed by atoms with Crippen LogP contribution >= 0.6 is 0 Å². The number of piperidine rings is 2. The van der Waals surface area contributed by atoms with Crippen molar-refractivity contribution in [3.05, 3.63) is 65.5 Å². The number of anilines is 1. The van der Waals surface area contributed by atoms with E-state index in [1.54, 1.807) is 13.0 Å². The minimum Gasteiger partial charge on any atom is -0.352 e. The Labute approximate surface area is 212 Å². The third-order valence-corrected chi connectivity index (χ3v) is 7.28. The van der Waals surface area contributed by atoms with E-state index >= 15 is 0 Å². The molecule has 2 fully saturated rings. The lowest BCUT2D eigenvalue weighted by molar-refractivity contribution is -0.136. The van der Waals surface area contributed by atoms with Crippen LogP contribution in [0.3, 0.4) is 0 Å². The number of hydrogen-bond acceptors (Lipinski definition) is 4. The summed E-state index contributed by atoms with van der Waals surface area (Å²) in [4.78, 5) is 41.9. The fraction of sp³-hybridized carbons (Fsp3) is 0.464. The van der Waals surface area contributed by atoms with Crippen LogP contribution in [0.4, 0.5) is 10.1 Å². The van der Waals surface area contributed by atoms with Crippen molar-refractivity contribution in [2.45, 2.75) is 39.2 Å². The van der Waals surface area contributed by atoms with Gasteiger partial charge in [-0.05, 0) is 75.0 Å². The van der Waals surface area contributed by atoms with Crippen LogP contribution in [0, 0.1) is 24.6 Å². The summed E-state index contributed by atoms with van der Waals surface area (Å²) in [5.41, 5.74) is 2.13. The van der Waals surface area contributed by atoms with Crippen LogP contribution in [0.2, 0.25) is 0 Å². The van der Waals surface area contributed by atoms with Gasteiger partial charge in [0.2, 0.25) is 17.7 Å². The van der Waals surface area contributed by atoms with Gasteiger partial charge in [-0.3, -0.25) is 19.3 Å². The van der Waals surface area contributed by atoms with Gasteiger partial charge in [0.15, 0.2) is 0 Å². The van der Waals surface area contributed by atoms with Crippen molar-refractivity contribution >= 4 is 23.4 Å². The van der Waals surface area contributed by atoms with E-state index in [0.717, 1.165) is 11.3 Å². The maximum atomic E-state index is 13.7. The number of likely N-dealkylation sites (tertiary alicyclic amines) is 2. The number of rotatable bonds is 7. The first-order valence-corrected chi connectivity index (χ1v) is 12.8. The summed E-state index contributed by atoms with van der Waals surface area (Å²) in [6, 6.07) is 14.4. The fourth-order valence-corrected chi connectivity index (χ4v) is 4.88. The van der Waals surface area contributed by atoms with Gasteiger partial charge in [-0.15, -0.1) is 0 Å². The van der Waals surface area contributed by atoms with Crippen LogP contribution in [-0.2, 0) is 20.9 Å². The highest BCUT2D eigenvalue weighted by atomic mass is 19.1. The third kappa shape index (κ3) is 6.91. The van der Waals surface area contributed by atoms with E-state index in [2.05, 4.69) is 15.5 Å². The molecule has 36 heavy (non-hydrogen) atoms. The summed E-state index contributed by atoms with van der Waals surface area (Å²) in [6.07, 6.45) is 2.72. The van der Waals surface area contributed by atoms with E-state index in [9.17, 15) is 18.8 Å². The van der Waals surface area contributed by atoms with Gasteiger partial charge in [-0.1, -0.05) is 30.3 Å². The molecule has 0 aromatic heterocycles. The second-order valence-electron chi connectivity index (χ2n) is 9.86. The van der Waals surface area contributed by atoms with Gasteiger partial charge in [-0.2, -0.15) is 0 Å². The molecule has 8 heteroatoms. The average molecular weight is 495 g/mol. The maximum absolute atomic E-state index is 13.7. The zero-order valence-electron chi connectivity index (χ0n) is 20.8. The normalized spacial score (nSPS) is 17.6. The molecule has 2 aromatic carbocycles. The lowest BCUT2D eigenvalue weighted by Gasteiger charge is -2.35. The Morgan fingerprint density at radius 1 is 0.889 bits per heavy atom. The number of nitrogens with zero attached hydrogens (tertiary/aromatic N) is 2. The van der Waals surface area contributed by atoms with Crippen LogP contribution in [-0.4, -0.2) is 60.2 Å². The Morgan fingerprint density at radius 2 is 1.53 bits per heavy atom. The van der Waals surface area contributed by atoms with Gasteiger partial charge in [0.05, 0.1) is 6.54 Å². The summed E-state index contributed by atoms with van der Waals surface area (Å²) < 4.78 is 13.7. The van der Waals surface area contributed by atoms with Crippen LogP contribution in [0.5, 0.6) is 0 Å². The fourth-order valence-electron chi connectivity index (χ4n) is 4.88. The Morgan fingerprint density at radius 3 is 2.19 bits per heavy atom. The number of nitrogens with one attached hydrogen (secondary N) is 2. The van der Waals surface area contributed by atoms with Crippen molar-refractivity contribution in [3.63, 3.8) is 0 Å². The molecule has 0 saturated carbocycles. The quantitative estimate of drug-likeness (QED) is 0.619. The second kappa shape index (κ2) is 12.1. The average Bonchev–Trinajstić information content (AvgIpc) is 2.90. The molecule has 2 aliphatic rings. The minimum atomic E-state index is -0.264. The van der Waals surface area contributed by atoms with E-state index < -0.39 is 0 Å². The molecule has 0 atom stereocenters. The van der Waals surface area contributed by atoms with Gasteiger partial charge in [-0.25, -0.2) is 4.39 Å². The van der Waals surface area contributed by atoms with Crippen molar-refractivity contribution in [3.8, 4) is 0 Å². The standard InChI is InChI=1S/C28H35FN4O3/c1-20-7-8-21(17-25(20)29)18-30-27(35)22-9-13-32(14-10-22)19-26(34)33-15-11-23(12-16-33)28(36)31-24-5-3-2-4-6-24/h2-8,17,22-23H,9-16,18-19H2,1H3,(H,30,35)(H,31,36). The molecule has 4 rings (SSSR count). The molecule has 2 aliphatic heterocycles. The predicted octanol–water partition coefficient (Wildman–Crippen LogP) is 3.34. The van der Waals surface area contributed by atoms with Crippen LogP contribution < -0.4 is 10.6 Å². The summed E-state index contributed by atoms with van der Waals surface area (Å²) in [5.74, 6) is -0.356. The molecule has 2 saturated heterocycles. The molecule has 2 aromatic rings. The predicted molar refractivity (Wildman–Crippen MR) is 137 cm³/mol. The Balaban J connectivity index is 1.14. The molecule has 7 nitrogen and oxygen atoms in total. The summed E-state index contributed by atoms with van der Waals surface area (Å²) in [5, 5.41) is 5.88. The molecule has 192 valence electrons. The number of aryl methyl sites for hydroxylation is 1. The highest BCUT2D eigenvalue weighted by Gasteiger charge is 2.30. The Kier molecular flexibility index (Phi) is 8.70. The highest BCUT2D eigenvalue weighted by molar-refractivity contribution is 5.92. The lowest BCUT2D eigenvalue weighted by atomic mass is 9.95. The first kappa shape index (κ1) is 25.8. The number of amides is 3. The monoisotopic (exact) mass is 494 g/mol. The molecule has 0 spiro atoms. The van der Waals surface area contributed by atoms with Crippen molar-refractivity contribution in [1.82, 2.24) is 15.1 Å². The first-order chi connectivity index (χ1) is 17.4. The zero-order valence-corrected chi connectivity index (χ0v) is 20.8. The lowest BCUT2D eigenvalue weighted by Crippen LogP contribution is -2.48. The zero-order chi connectivity index (χ0) is 25.5. The van der Waals surface area contributed by atoms with Gasteiger partial charge < -0.3 is 15.5 Å². The minimum absolute atomic E-state index is 0.0150.